The molecule has 9 N–H and O–H groups in total. The van der Waals surface area contributed by atoms with Crippen LogP contribution in [0, 0.1) is 121 Å². The number of carbonyl (C=O) groups excluding carboxylic acids is 2. The molecule has 0 amide bonds. The fraction of sp³-hybridized carbons (Fsp3) is 0.324. The van der Waals surface area contributed by atoms with Crippen molar-refractivity contribution in [1.29, 1.82) is 21.0 Å². The number of H-pyrrole nitrogens is 5. The zero-order valence-corrected chi connectivity index (χ0v) is 94.2. The molecule has 16 aromatic rings. The summed E-state index contributed by atoms with van der Waals surface area (Å²) in [6.45, 7) is 36.9. The van der Waals surface area contributed by atoms with E-state index in [1.807, 2.05) is 43.5 Å². The first-order valence-electron chi connectivity index (χ1n) is 43.9. The summed E-state index contributed by atoms with van der Waals surface area (Å²) in [5, 5.41) is 45.7. The Balaban J connectivity index is 0.000000338. The second-order valence-electron chi connectivity index (χ2n) is 39.3. The number of aromatic nitrogens is 16. The molecule has 145 heavy (non-hydrogen) atoms. The molecule has 0 fully saturated rings. The van der Waals surface area contributed by atoms with Gasteiger partial charge in [-0.15, -0.1) is 23.1 Å². The van der Waals surface area contributed by atoms with Crippen molar-refractivity contribution >= 4 is 133 Å². The van der Waals surface area contributed by atoms with E-state index in [1.165, 1.54) is 94.7 Å². The van der Waals surface area contributed by atoms with E-state index in [0.29, 0.717) is 77.8 Å². The van der Waals surface area contributed by atoms with Crippen LogP contribution in [-0.4, -0.2) is 169 Å². The van der Waals surface area contributed by atoms with Gasteiger partial charge in [-0.1, -0.05) is 66.0 Å². The standard InChI is InChI=1S/C16H18FN3O2.C14H14FN3O2.C11H15FN3.C11H10FN3.C10H12FN3.C10H13FN2Si.C9H6FN3.C7H5FN2.C5H4BrFN2.C5H10Si.C4H9O.HI.K/c1-15(2,3)22-14(21)20-8-11(16(4,5)9-18)13-12(20)6-10(17)7-19-13;1-14(2,3)20-13(19)18-8-9(4-5-16)12-11(18)6-10(15)7-17-12;1-15(2,3)7-8-5-13-10-4-9(12)6-14-11(8)10;1-11(2,6-13)8-5-14-9-3-7(12)4-15-10(8)9;1-14(2)6-7-4-12-9-3-8(11)5-13-10(7)9;1-14(2,3)5-4-10-9(12)6-8(11)7-13-10;10-7-3-8-9(13-5-7)6(1-2-11)4-12-8;8-5-3-7-6(10-4-5)1-2-9-7;6-5-4(8)1-3(7)2-9-5;1-5-6(2,3)4;1-4(2,3)5;;/h6-8H,1-5H3;6-8H,4H2,1-3H3;4-6,13H,7H2,1-3H3;3-5,14H,1-2H3;3-5,12H,6H2,1-2H3;6-7H,12H2,1-3H3;3-5,12H,1H2;1-4,9H;1-2H,8H2;1H,2-4H3;1-3H3;1H;/q;;+1;;;;;;;;-1;;+1/p-1. The molecule has 0 saturated heterocycles. The number of nitrogens with zero attached hydrogens (tertiary/aromatic N) is 17. The number of nitrogens with two attached hydrogens (primary N) is 2. The third-order valence-electron chi connectivity index (χ3n) is 18.3. The van der Waals surface area contributed by atoms with Crippen LogP contribution in [0.2, 0.25) is 39.3 Å². The molecule has 0 aromatic carbocycles. The van der Waals surface area contributed by atoms with Crippen LogP contribution >= 0.6 is 15.9 Å². The minimum Gasteiger partial charge on any atom is -1.00 e. The summed E-state index contributed by atoms with van der Waals surface area (Å²) >= 11 is 3.03. The summed E-state index contributed by atoms with van der Waals surface area (Å²) in [5.41, 5.74) is 27.9. The van der Waals surface area contributed by atoms with E-state index in [1.54, 1.807) is 115 Å². The van der Waals surface area contributed by atoms with Crippen LogP contribution in [0.25, 0.3) is 77.2 Å². The van der Waals surface area contributed by atoms with Gasteiger partial charge < -0.3 is 84.3 Å². The van der Waals surface area contributed by atoms with E-state index in [2.05, 4.69) is 175 Å². The van der Waals surface area contributed by atoms with Crippen molar-refractivity contribution in [3.05, 3.63) is 256 Å². The summed E-state index contributed by atoms with van der Waals surface area (Å²) in [7, 11) is 7.79. The van der Waals surface area contributed by atoms with Gasteiger partial charge in [-0.2, -0.15) is 21.0 Å². The van der Waals surface area contributed by atoms with Gasteiger partial charge >= 0.3 is 63.6 Å². The van der Waals surface area contributed by atoms with Gasteiger partial charge in [0.2, 0.25) is 0 Å². The number of rotatable bonds is 8. The number of halogens is 11. The molecule has 16 aromatic heterocycles. The van der Waals surface area contributed by atoms with Crippen molar-refractivity contribution in [2.45, 2.75) is 183 Å². The molecular formula is C102H116BrF9IKN24O5Si2. The molecule has 760 valence electrons. The van der Waals surface area contributed by atoms with Crippen molar-refractivity contribution in [2.75, 3.05) is 46.7 Å². The third-order valence-corrected chi connectivity index (χ3v) is 20.7. The predicted molar refractivity (Wildman–Crippen MR) is 545 cm³/mol. The molecule has 16 heterocycles. The largest absolute Gasteiger partial charge is 1.00 e. The van der Waals surface area contributed by atoms with Crippen LogP contribution in [0.15, 0.2) is 164 Å². The van der Waals surface area contributed by atoms with Crippen molar-refractivity contribution in [1.82, 2.24) is 83.8 Å². The Morgan fingerprint density at radius 1 is 0.476 bits per heavy atom. The number of nitrogen functional groups attached to an aromatic ring is 2. The van der Waals surface area contributed by atoms with Gasteiger partial charge in [-0.05, 0) is 105 Å². The van der Waals surface area contributed by atoms with Crippen molar-refractivity contribution < 1.29 is 144 Å². The van der Waals surface area contributed by atoms with Gasteiger partial charge in [-0.3, -0.25) is 44.0 Å². The molecule has 0 aliphatic carbocycles. The first-order valence-corrected chi connectivity index (χ1v) is 51.7. The molecule has 29 nitrogen and oxygen atoms in total. The maximum atomic E-state index is 13.5. The third kappa shape index (κ3) is 41.4. The van der Waals surface area contributed by atoms with Gasteiger partial charge in [0.25, 0.3) is 0 Å². The summed E-state index contributed by atoms with van der Waals surface area (Å²) in [5.74, 6) is -0.757. The van der Waals surface area contributed by atoms with Crippen molar-refractivity contribution in [3.63, 3.8) is 0 Å². The molecule has 0 atom stereocenters. The van der Waals surface area contributed by atoms with E-state index in [4.69, 9.17) is 43.2 Å². The van der Waals surface area contributed by atoms with Crippen LogP contribution in [0.1, 0.15) is 129 Å². The van der Waals surface area contributed by atoms with Crippen LogP contribution in [0.4, 0.5) is 60.5 Å². The number of aromatic amines is 5. The Labute approximate surface area is 906 Å². The van der Waals surface area contributed by atoms with Crippen LogP contribution < -0.4 is 91.9 Å². The van der Waals surface area contributed by atoms with E-state index >= 15 is 0 Å². The summed E-state index contributed by atoms with van der Waals surface area (Å²) < 4.78 is 130. The van der Waals surface area contributed by atoms with Gasteiger partial charge in [-0.25, -0.2) is 59.1 Å². The number of nitriles is 4. The molecule has 0 aliphatic rings. The molecule has 0 aliphatic heterocycles. The number of hydrogen-bond donors (Lipinski definition) is 7. The SMILES string of the molecule is C#C[Si](C)(C)C.CC(C)(C#N)c1c[nH]c2cc(F)cnc12.CC(C)(C)OC(=O)n1cc(C(C)(C)C#N)c2ncc(F)cc21.CC(C)(C)OC(=O)n1cc(CC#N)c2ncc(F)cc21.CC(C)(C)[O-].CN(C)Cc1c[nH]c2cc(F)cnc12.C[N+](C)(C)Cc1c[nH]c2cc(F)cnc12.C[Si](C)(C)C#Cc1ncc(F)cc1N.Fc1cnc2cc[nH]c2c1.N#CCc1c[nH]c2cc(F)cnc12.Nc1cc(F)cnc1Br.[I-].[K+]. The quantitative estimate of drug-likeness (QED) is 0.0185. The molecule has 0 saturated carbocycles. The molecule has 0 spiro atoms. The Morgan fingerprint density at radius 3 is 1.25 bits per heavy atom. The molecule has 0 unspecified atom stereocenters. The van der Waals surface area contributed by atoms with Crippen molar-refractivity contribution in [2.24, 2.45) is 0 Å². The monoisotopic (exact) mass is 2230 g/mol. The van der Waals surface area contributed by atoms with Gasteiger partial charge in [0.1, 0.15) is 96.5 Å². The minimum absolute atomic E-state index is 0. The number of fused-ring (bicyclic) bond motifs is 7. The topological polar surface area (TPSA) is 431 Å². The minimum atomic E-state index is -1.43. The second-order valence-corrected chi connectivity index (χ2v) is 49.6. The van der Waals surface area contributed by atoms with Crippen molar-refractivity contribution in [3.8, 4) is 47.7 Å². The normalized spacial score (nSPS) is 11.1. The van der Waals surface area contributed by atoms with Gasteiger partial charge in [0.05, 0.1) is 219 Å². The molecule has 16 rings (SSSR count). The zero-order valence-electron chi connectivity index (χ0n) is 85.4. The molecular weight excluding hydrogens is 2110 g/mol. The average Bonchev–Trinajstić information content (AvgIpc) is 1.63. The number of quaternary nitrogens is 1. The fourth-order valence-corrected chi connectivity index (χ4v) is 12.7. The van der Waals surface area contributed by atoms with Crippen LogP contribution in [0.3, 0.4) is 0 Å². The number of pyridine rings is 9. The predicted octanol–water partition coefficient (Wildman–Crippen LogP) is 15.7. The number of terminal acetylenes is 1. The van der Waals surface area contributed by atoms with Gasteiger partial charge in [0, 0.05) is 132 Å². The molecule has 0 bridgehead atoms. The van der Waals surface area contributed by atoms with Gasteiger partial charge in [0.15, 0.2) is 0 Å². The number of nitrogens with one attached hydrogen (secondary N) is 5. The zero-order chi connectivity index (χ0) is 107. The van der Waals surface area contributed by atoms with Crippen LogP contribution in [-0.2, 0) is 46.2 Å². The number of ether oxygens (including phenoxy) is 2. The Kier molecular flexibility index (Phi) is 46.8. The fourth-order valence-electron chi connectivity index (χ4n) is 12.0. The van der Waals surface area contributed by atoms with Crippen LogP contribution in [0.5, 0.6) is 0 Å². The smallest absolute Gasteiger partial charge is 1.00 e. The number of carbonyl (C=O) groups is 2. The first-order chi connectivity index (χ1) is 66.3. The number of anilines is 2. The Hall–Kier alpha value is -12.7. The maximum Gasteiger partial charge on any atom is 1.00 e. The number of hydrogen-bond acceptors (Lipinski definition) is 21. The molecule has 0 radical (unpaired) electrons. The summed E-state index contributed by atoms with van der Waals surface area (Å²) in [6.07, 6.45) is 26.5. The Morgan fingerprint density at radius 2 is 0.828 bits per heavy atom. The van der Waals surface area contributed by atoms with E-state index in [0.717, 1.165) is 110 Å². The average molecular weight is 2230 g/mol. The van der Waals surface area contributed by atoms with E-state index in [-0.39, 0.29) is 116 Å². The summed E-state index contributed by atoms with van der Waals surface area (Å²) in [4.78, 5) is 76.5. The second kappa shape index (κ2) is 54.5. The van der Waals surface area contributed by atoms with E-state index < -0.39 is 79.2 Å². The van der Waals surface area contributed by atoms with E-state index in [9.17, 15) is 59.5 Å². The summed E-state index contributed by atoms with van der Waals surface area (Å²) in [6, 6.07) is 22.1. The maximum absolute atomic E-state index is 13.5. The Bertz CT molecular complexity index is 7400. The molecule has 43 heteroatoms. The first kappa shape index (κ1) is 125.